The second-order valence-electron chi connectivity index (χ2n) is 7.79. The van der Waals surface area contributed by atoms with E-state index >= 15 is 0 Å². The third-order valence-corrected chi connectivity index (χ3v) is 6.48. The van der Waals surface area contributed by atoms with E-state index in [-0.39, 0.29) is 35.9 Å². The summed E-state index contributed by atoms with van der Waals surface area (Å²) in [7, 11) is 0. The molecule has 0 radical (unpaired) electrons. The Morgan fingerprint density at radius 1 is 0.931 bits per heavy atom. The molecule has 2 aromatic carbocycles. The molecule has 8 heteroatoms. The van der Waals surface area contributed by atoms with Gasteiger partial charge in [0.05, 0.1) is 16.6 Å². The van der Waals surface area contributed by atoms with Gasteiger partial charge in [0.25, 0.3) is 5.91 Å². The fourth-order valence-corrected chi connectivity index (χ4v) is 4.58. The number of halogens is 3. The maximum atomic E-state index is 12.3. The van der Waals surface area contributed by atoms with Crippen molar-refractivity contribution in [3.05, 3.63) is 63.1 Å². The maximum absolute atomic E-state index is 12.3. The minimum atomic E-state index is -0.186. The maximum Gasteiger partial charge on any atom is 0.258 e. The van der Waals surface area contributed by atoms with Gasteiger partial charge in [-0.3, -0.25) is 9.59 Å². The first kappa shape index (κ1) is 20.5. The lowest BCUT2D eigenvalue weighted by molar-refractivity contribution is -0.142. The number of carbonyl (C=O) groups is 2. The minimum absolute atomic E-state index is 0.0273. The average molecular weight is 454 g/mol. The molecule has 5 nitrogen and oxygen atoms in total. The van der Waals surface area contributed by atoms with Crippen molar-refractivity contribution >= 4 is 46.5 Å². The van der Waals surface area contributed by atoms with Crippen LogP contribution in [0, 0.1) is 0 Å². The zero-order valence-electron chi connectivity index (χ0n) is 15.4. The zero-order valence-corrected chi connectivity index (χ0v) is 17.7. The highest BCUT2D eigenvalue weighted by Gasteiger charge is 2.68. The van der Waals surface area contributed by atoms with Crippen LogP contribution in [0.15, 0.2) is 42.5 Å². The van der Waals surface area contributed by atoms with E-state index in [0.717, 1.165) is 19.3 Å². The van der Waals surface area contributed by atoms with Crippen molar-refractivity contribution in [2.45, 2.75) is 30.3 Å². The molecule has 152 valence electrons. The fraction of sp³-hybridized carbons (Fsp3) is 0.333. The van der Waals surface area contributed by atoms with Crippen molar-refractivity contribution in [2.24, 2.45) is 0 Å². The van der Waals surface area contributed by atoms with Crippen LogP contribution in [0.1, 0.15) is 29.6 Å². The number of nitrogens with one attached hydrogen (secondary N) is 2. The molecule has 0 atom stereocenters. The van der Waals surface area contributed by atoms with Gasteiger partial charge in [-0.05, 0) is 55.7 Å². The number of hydrogen-bond donors (Lipinski definition) is 2. The second-order valence-corrected chi connectivity index (χ2v) is 9.04. The first-order valence-electron chi connectivity index (χ1n) is 9.21. The van der Waals surface area contributed by atoms with Crippen molar-refractivity contribution < 1.29 is 14.3 Å². The molecule has 3 aliphatic carbocycles. The molecule has 0 heterocycles. The van der Waals surface area contributed by atoms with Gasteiger partial charge in [0.2, 0.25) is 0 Å². The molecule has 0 spiro atoms. The largest absolute Gasteiger partial charge is 0.484 e. The smallest absolute Gasteiger partial charge is 0.258 e. The number of ether oxygens (including phenoxy) is 1. The Labute approximate surface area is 183 Å². The molecule has 1 amide bonds. The molecular formula is C21H19Cl3N2O3. The lowest BCUT2D eigenvalue weighted by Gasteiger charge is -2.70. The number of carbonyl (C=O) groups excluding carboxylic acids is 2. The standard InChI is InChI=1S/C21H19Cl3N2O3/c22-14-3-1-13(2-4-14)18(27)8-25-20-10-21(11-20,12-20)26-19(28)9-29-15-5-6-16(23)17(24)7-15/h1-7,25H,8-12H2,(H,26,28). The van der Waals surface area contributed by atoms with Gasteiger partial charge in [0, 0.05) is 27.7 Å². The van der Waals surface area contributed by atoms with Gasteiger partial charge in [0.15, 0.2) is 12.4 Å². The summed E-state index contributed by atoms with van der Waals surface area (Å²) in [6, 6.07) is 11.7. The van der Waals surface area contributed by atoms with Crippen LogP contribution in [0.4, 0.5) is 0 Å². The van der Waals surface area contributed by atoms with Gasteiger partial charge in [0.1, 0.15) is 5.75 Å². The number of hydrogen-bond acceptors (Lipinski definition) is 4. The topological polar surface area (TPSA) is 67.4 Å². The SMILES string of the molecule is O=C(COc1ccc(Cl)c(Cl)c1)NC12CC(NCC(=O)c3ccc(Cl)cc3)(C1)C2. The lowest BCUT2D eigenvalue weighted by Crippen LogP contribution is -2.83. The summed E-state index contributed by atoms with van der Waals surface area (Å²) in [5, 5.41) is 7.81. The first-order valence-corrected chi connectivity index (χ1v) is 10.3. The molecule has 3 fully saturated rings. The predicted octanol–water partition coefficient (Wildman–Crippen LogP) is 4.29. The Morgan fingerprint density at radius 2 is 1.62 bits per heavy atom. The number of rotatable bonds is 8. The summed E-state index contributed by atoms with van der Waals surface area (Å²) in [6.07, 6.45) is 2.44. The van der Waals surface area contributed by atoms with E-state index in [1.807, 2.05) is 0 Å². The Kier molecular flexibility index (Phi) is 5.51. The van der Waals surface area contributed by atoms with Gasteiger partial charge in [-0.25, -0.2) is 0 Å². The predicted molar refractivity (Wildman–Crippen MR) is 113 cm³/mol. The monoisotopic (exact) mass is 452 g/mol. The van der Waals surface area contributed by atoms with E-state index in [1.165, 1.54) is 0 Å². The molecule has 3 aliphatic rings. The molecule has 0 unspecified atom stereocenters. The summed E-state index contributed by atoms with van der Waals surface area (Å²) in [5.74, 6) is 0.340. The molecule has 0 aromatic heterocycles. The summed E-state index contributed by atoms with van der Waals surface area (Å²) in [4.78, 5) is 24.5. The van der Waals surface area contributed by atoms with Gasteiger partial charge >= 0.3 is 0 Å². The molecule has 29 heavy (non-hydrogen) atoms. The quantitative estimate of drug-likeness (QED) is 0.585. The molecule has 3 saturated carbocycles. The number of benzene rings is 2. The normalized spacial score (nSPS) is 24.2. The Hall–Kier alpha value is -1.79. The fourth-order valence-electron chi connectivity index (χ4n) is 4.16. The van der Waals surface area contributed by atoms with Crippen LogP contribution in [0.3, 0.4) is 0 Å². The Balaban J connectivity index is 1.19. The number of Topliss-reactive ketones (excluding diaryl/α,β-unsaturated/α-hetero) is 1. The average Bonchev–Trinajstić information content (AvgIpc) is 2.64. The number of ketones is 1. The number of amides is 1. The highest BCUT2D eigenvalue weighted by Crippen LogP contribution is 2.60. The van der Waals surface area contributed by atoms with Gasteiger partial charge in [-0.15, -0.1) is 0 Å². The van der Waals surface area contributed by atoms with Crippen LogP contribution in [0.25, 0.3) is 0 Å². The summed E-state index contributed by atoms with van der Waals surface area (Å²) in [6.45, 7) is 0.182. The highest BCUT2D eigenvalue weighted by molar-refractivity contribution is 6.42. The van der Waals surface area contributed by atoms with Crippen molar-refractivity contribution in [3.63, 3.8) is 0 Å². The van der Waals surface area contributed by atoms with Crippen LogP contribution >= 0.6 is 34.8 Å². The van der Waals surface area contributed by atoms with E-state index in [1.54, 1.807) is 42.5 Å². The van der Waals surface area contributed by atoms with Gasteiger partial charge in [-0.1, -0.05) is 34.8 Å². The van der Waals surface area contributed by atoms with Crippen LogP contribution in [-0.2, 0) is 4.79 Å². The highest BCUT2D eigenvalue weighted by atomic mass is 35.5. The zero-order chi connectivity index (χ0) is 20.6. The van der Waals surface area contributed by atoms with Gasteiger partial charge < -0.3 is 15.4 Å². The molecule has 5 rings (SSSR count). The summed E-state index contributed by atoms with van der Waals surface area (Å²) >= 11 is 17.6. The molecule has 2 N–H and O–H groups in total. The van der Waals surface area contributed by atoms with Gasteiger partial charge in [-0.2, -0.15) is 0 Å². The van der Waals surface area contributed by atoms with Crippen molar-refractivity contribution in [2.75, 3.05) is 13.2 Å². The third-order valence-electron chi connectivity index (χ3n) is 5.49. The lowest BCUT2D eigenvalue weighted by atomic mass is 9.44. The van der Waals surface area contributed by atoms with E-state index in [0.29, 0.717) is 26.4 Å². The van der Waals surface area contributed by atoms with E-state index in [4.69, 9.17) is 39.5 Å². The molecule has 2 bridgehead atoms. The Morgan fingerprint density at radius 3 is 2.28 bits per heavy atom. The van der Waals surface area contributed by atoms with E-state index in [9.17, 15) is 9.59 Å². The minimum Gasteiger partial charge on any atom is -0.484 e. The van der Waals surface area contributed by atoms with Crippen molar-refractivity contribution in [1.82, 2.24) is 10.6 Å². The Bertz CT molecular complexity index is 942. The van der Waals surface area contributed by atoms with Crippen molar-refractivity contribution in [1.29, 1.82) is 0 Å². The van der Waals surface area contributed by atoms with Crippen LogP contribution in [-0.4, -0.2) is 35.9 Å². The summed E-state index contributed by atoms with van der Waals surface area (Å²) in [5.41, 5.74) is 0.393. The molecule has 2 aromatic rings. The van der Waals surface area contributed by atoms with E-state index < -0.39 is 0 Å². The second kappa shape index (κ2) is 7.80. The van der Waals surface area contributed by atoms with Crippen LogP contribution in [0.2, 0.25) is 15.1 Å². The molecular weight excluding hydrogens is 435 g/mol. The van der Waals surface area contributed by atoms with Crippen LogP contribution < -0.4 is 15.4 Å². The van der Waals surface area contributed by atoms with Crippen molar-refractivity contribution in [3.8, 4) is 5.75 Å². The molecule has 0 saturated heterocycles. The molecule has 0 aliphatic heterocycles. The first-order chi connectivity index (χ1) is 13.8. The third kappa shape index (κ3) is 4.38. The van der Waals surface area contributed by atoms with E-state index in [2.05, 4.69) is 10.6 Å². The van der Waals surface area contributed by atoms with Crippen LogP contribution in [0.5, 0.6) is 5.75 Å². The summed E-state index contributed by atoms with van der Waals surface area (Å²) < 4.78 is 5.47.